The molecule has 2 rings (SSSR count). The lowest BCUT2D eigenvalue weighted by molar-refractivity contribution is -0.137. The largest absolute Gasteiger partial charge is 0.416 e. The second-order valence-corrected chi connectivity index (χ2v) is 6.81. The van der Waals surface area contributed by atoms with E-state index in [4.69, 9.17) is 0 Å². The molecule has 0 fully saturated rings. The van der Waals surface area contributed by atoms with Gasteiger partial charge in [0, 0.05) is 17.0 Å². The first kappa shape index (κ1) is 19.9. The fourth-order valence-electron chi connectivity index (χ4n) is 2.20. The van der Waals surface area contributed by atoms with Gasteiger partial charge in [-0.3, -0.25) is 9.59 Å². The molecule has 0 radical (unpaired) electrons. The van der Waals surface area contributed by atoms with Crippen molar-refractivity contribution >= 4 is 28.3 Å². The highest BCUT2D eigenvalue weighted by molar-refractivity contribution is 7.15. The normalized spacial score (nSPS) is 11.3. The Bertz CT molecular complexity index is 798. The summed E-state index contributed by atoms with van der Waals surface area (Å²) < 4.78 is 38.4. The predicted octanol–water partition coefficient (Wildman–Crippen LogP) is 3.88. The number of hydrogen-bond acceptors (Lipinski definition) is 4. The Kier molecular flexibility index (Phi) is 6.01. The summed E-state index contributed by atoms with van der Waals surface area (Å²) in [6, 6.07) is 4.15. The second-order valence-electron chi connectivity index (χ2n) is 5.61. The van der Waals surface area contributed by atoms with Gasteiger partial charge in [-0.25, -0.2) is 4.98 Å². The molecule has 2 aromatic rings. The minimum absolute atomic E-state index is 0.115. The van der Waals surface area contributed by atoms with E-state index in [0.29, 0.717) is 5.13 Å². The zero-order chi connectivity index (χ0) is 19.5. The molecule has 0 bridgehead atoms. The van der Waals surface area contributed by atoms with Gasteiger partial charge >= 0.3 is 6.18 Å². The van der Waals surface area contributed by atoms with E-state index in [-0.39, 0.29) is 18.7 Å². The molecule has 0 saturated carbocycles. The molecule has 140 valence electrons. The van der Waals surface area contributed by atoms with E-state index in [1.54, 1.807) is 6.92 Å². The van der Waals surface area contributed by atoms with Crippen molar-refractivity contribution in [1.82, 2.24) is 9.88 Å². The second kappa shape index (κ2) is 7.86. The molecule has 5 nitrogen and oxygen atoms in total. The van der Waals surface area contributed by atoms with E-state index >= 15 is 0 Å². The Balaban J connectivity index is 2.10. The number of carbonyl (C=O) groups excluding carboxylic acids is 2. The van der Waals surface area contributed by atoms with Crippen LogP contribution in [0.1, 0.15) is 33.4 Å². The van der Waals surface area contributed by atoms with Gasteiger partial charge in [0.15, 0.2) is 5.13 Å². The van der Waals surface area contributed by atoms with E-state index in [2.05, 4.69) is 10.3 Å². The van der Waals surface area contributed by atoms with E-state index < -0.39 is 23.6 Å². The molecule has 1 aromatic carbocycles. The quantitative estimate of drug-likeness (QED) is 0.850. The zero-order valence-electron chi connectivity index (χ0n) is 14.5. The Labute approximate surface area is 152 Å². The highest BCUT2D eigenvalue weighted by Crippen LogP contribution is 2.29. The molecule has 1 N–H and O–H groups in total. The lowest BCUT2D eigenvalue weighted by Gasteiger charge is -2.20. The summed E-state index contributed by atoms with van der Waals surface area (Å²) in [7, 11) is 0. The van der Waals surface area contributed by atoms with Crippen molar-refractivity contribution in [2.24, 2.45) is 0 Å². The summed E-state index contributed by atoms with van der Waals surface area (Å²) in [6.45, 7) is 5.24. The van der Waals surface area contributed by atoms with Gasteiger partial charge in [-0.15, -0.1) is 11.3 Å². The molecule has 0 saturated heterocycles. The van der Waals surface area contributed by atoms with Crippen molar-refractivity contribution in [1.29, 1.82) is 0 Å². The van der Waals surface area contributed by atoms with Gasteiger partial charge in [-0.2, -0.15) is 13.2 Å². The van der Waals surface area contributed by atoms with Crippen molar-refractivity contribution in [2.45, 2.75) is 26.9 Å². The van der Waals surface area contributed by atoms with Crippen LogP contribution < -0.4 is 5.32 Å². The molecule has 0 spiro atoms. The maximum Gasteiger partial charge on any atom is 0.416 e. The molecular formula is C17H18F3N3O2S. The minimum atomic E-state index is -4.54. The Hall–Kier alpha value is -2.42. The topological polar surface area (TPSA) is 62.3 Å². The van der Waals surface area contributed by atoms with Crippen LogP contribution in [0.5, 0.6) is 0 Å². The Morgan fingerprint density at radius 2 is 1.96 bits per heavy atom. The van der Waals surface area contributed by atoms with Gasteiger partial charge in [0.1, 0.15) is 6.54 Å². The highest BCUT2D eigenvalue weighted by atomic mass is 32.1. The summed E-state index contributed by atoms with van der Waals surface area (Å²) >= 11 is 1.32. The average molecular weight is 385 g/mol. The van der Waals surface area contributed by atoms with Crippen LogP contribution in [0.25, 0.3) is 0 Å². The predicted molar refractivity (Wildman–Crippen MR) is 93.2 cm³/mol. The fourth-order valence-corrected chi connectivity index (χ4v) is 3.03. The standard InChI is InChI=1S/C17H18F3N3O2S/c1-4-23(9-14(24)22-16-21-10(2)11(3)26-16)15(25)12-6-5-7-13(8-12)17(18,19)20/h5-8H,4,9H2,1-3H3,(H,21,22,24). The number of nitrogens with one attached hydrogen (secondary N) is 1. The summed E-state index contributed by atoms with van der Waals surface area (Å²) in [6.07, 6.45) is -4.54. The number of aromatic nitrogens is 1. The van der Waals surface area contributed by atoms with Crippen LogP contribution in [0.3, 0.4) is 0 Å². The Morgan fingerprint density at radius 3 is 2.50 bits per heavy atom. The number of carbonyl (C=O) groups is 2. The van der Waals surface area contributed by atoms with Crippen molar-refractivity contribution in [2.75, 3.05) is 18.4 Å². The monoisotopic (exact) mass is 385 g/mol. The van der Waals surface area contributed by atoms with Crippen LogP contribution in [0, 0.1) is 13.8 Å². The van der Waals surface area contributed by atoms with E-state index in [0.717, 1.165) is 22.7 Å². The van der Waals surface area contributed by atoms with E-state index in [1.807, 2.05) is 13.8 Å². The number of halogens is 3. The SMILES string of the molecule is CCN(CC(=O)Nc1nc(C)c(C)s1)C(=O)c1cccc(C(F)(F)F)c1. The van der Waals surface area contributed by atoms with Crippen molar-refractivity contribution in [3.8, 4) is 0 Å². The number of nitrogens with zero attached hydrogens (tertiary/aromatic N) is 2. The van der Waals surface area contributed by atoms with Crippen molar-refractivity contribution < 1.29 is 22.8 Å². The molecule has 1 heterocycles. The van der Waals surface area contributed by atoms with Crippen LogP contribution in [0.2, 0.25) is 0 Å². The number of thiazole rings is 1. The van der Waals surface area contributed by atoms with Gasteiger partial charge < -0.3 is 10.2 Å². The molecular weight excluding hydrogens is 367 g/mol. The molecule has 1 aromatic heterocycles. The molecule has 0 unspecified atom stereocenters. The number of amides is 2. The first-order valence-electron chi connectivity index (χ1n) is 7.82. The number of alkyl halides is 3. The van der Waals surface area contributed by atoms with E-state index in [1.165, 1.54) is 28.4 Å². The van der Waals surface area contributed by atoms with Gasteiger partial charge in [0.05, 0.1) is 11.3 Å². The summed E-state index contributed by atoms with van der Waals surface area (Å²) in [4.78, 5) is 30.9. The number of aryl methyl sites for hydroxylation is 2. The number of benzene rings is 1. The third kappa shape index (κ3) is 4.81. The summed E-state index contributed by atoms with van der Waals surface area (Å²) in [5.41, 5.74) is -0.217. The molecule has 0 aliphatic carbocycles. The van der Waals surface area contributed by atoms with E-state index in [9.17, 15) is 22.8 Å². The van der Waals surface area contributed by atoms with Crippen LogP contribution in [-0.2, 0) is 11.0 Å². The number of likely N-dealkylation sites (N-methyl/N-ethyl adjacent to an activating group) is 1. The number of anilines is 1. The fraction of sp³-hybridized carbons (Fsp3) is 0.353. The smallest absolute Gasteiger partial charge is 0.330 e. The maximum atomic E-state index is 12.8. The average Bonchev–Trinajstić information content (AvgIpc) is 2.88. The first-order valence-corrected chi connectivity index (χ1v) is 8.64. The van der Waals surface area contributed by atoms with Gasteiger partial charge in [0.25, 0.3) is 5.91 Å². The summed E-state index contributed by atoms with van der Waals surface area (Å²) in [5, 5.41) is 3.03. The van der Waals surface area contributed by atoms with Gasteiger partial charge in [-0.05, 0) is 39.0 Å². The van der Waals surface area contributed by atoms with Gasteiger partial charge in [-0.1, -0.05) is 6.07 Å². The minimum Gasteiger partial charge on any atom is -0.330 e. The molecule has 2 amide bonds. The zero-order valence-corrected chi connectivity index (χ0v) is 15.3. The molecule has 0 aliphatic rings. The third-order valence-electron chi connectivity index (χ3n) is 3.72. The lowest BCUT2D eigenvalue weighted by atomic mass is 10.1. The van der Waals surface area contributed by atoms with Crippen LogP contribution in [0.15, 0.2) is 24.3 Å². The van der Waals surface area contributed by atoms with Crippen LogP contribution in [0.4, 0.5) is 18.3 Å². The molecule has 26 heavy (non-hydrogen) atoms. The number of rotatable bonds is 5. The third-order valence-corrected chi connectivity index (χ3v) is 4.70. The first-order chi connectivity index (χ1) is 12.1. The van der Waals surface area contributed by atoms with Crippen LogP contribution >= 0.6 is 11.3 Å². The maximum absolute atomic E-state index is 12.8. The van der Waals surface area contributed by atoms with Crippen LogP contribution in [-0.4, -0.2) is 34.8 Å². The van der Waals surface area contributed by atoms with Crippen molar-refractivity contribution in [3.63, 3.8) is 0 Å². The molecule has 0 atom stereocenters. The molecule has 9 heteroatoms. The lowest BCUT2D eigenvalue weighted by Crippen LogP contribution is -2.38. The Morgan fingerprint density at radius 1 is 1.27 bits per heavy atom. The van der Waals surface area contributed by atoms with Crippen molar-refractivity contribution in [3.05, 3.63) is 46.0 Å². The molecule has 0 aliphatic heterocycles. The van der Waals surface area contributed by atoms with Gasteiger partial charge in [0.2, 0.25) is 5.91 Å². The highest BCUT2D eigenvalue weighted by Gasteiger charge is 2.31. The number of hydrogen-bond donors (Lipinski definition) is 1. The summed E-state index contributed by atoms with van der Waals surface area (Å²) in [5.74, 6) is -1.10.